The molecule has 2 bridgehead atoms. The highest BCUT2D eigenvalue weighted by Gasteiger charge is 2.60. The van der Waals surface area contributed by atoms with E-state index in [1.165, 1.54) is 92.1 Å². The number of allylic oxidation sites excluding steroid dienone is 3. The maximum Gasteiger partial charge on any atom is -0.0128 e. The molecule has 2 aromatic rings. The van der Waals surface area contributed by atoms with Gasteiger partial charge in [0.25, 0.3) is 0 Å². The molecular formula is C42H56. The first-order valence-electron chi connectivity index (χ1n) is 17.4. The Balaban J connectivity index is 1.21. The van der Waals surface area contributed by atoms with Gasteiger partial charge in [0.05, 0.1) is 0 Å². The van der Waals surface area contributed by atoms with E-state index in [4.69, 9.17) is 13.2 Å². The average molecular weight is 561 g/mol. The van der Waals surface area contributed by atoms with Crippen LogP contribution in [0, 0.1) is 52.8 Å². The van der Waals surface area contributed by atoms with Crippen LogP contribution in [0.5, 0.6) is 0 Å². The monoisotopic (exact) mass is 560 g/mol. The fourth-order valence-corrected chi connectivity index (χ4v) is 10.2. The summed E-state index contributed by atoms with van der Waals surface area (Å²) in [6, 6.07) is 22.2. The van der Waals surface area contributed by atoms with Crippen LogP contribution in [0.25, 0.3) is 5.57 Å². The second kappa shape index (κ2) is 12.7. The zero-order valence-electron chi connectivity index (χ0n) is 26.7. The van der Waals surface area contributed by atoms with Gasteiger partial charge in [0.2, 0.25) is 0 Å². The van der Waals surface area contributed by atoms with Gasteiger partial charge in [-0.15, -0.1) is 0 Å². The Hall–Kier alpha value is -2.34. The Labute approximate surface area is 257 Å². The minimum absolute atomic E-state index is 0.431. The SMILES string of the molecule is C=C(CC(CC(=C)C1CCCCC1)C(=C)CC(Cc1ccccc1)C1CC2C[C@@H]3C[C@H](C2C1)C3(C)C)c1ccccc1. The summed E-state index contributed by atoms with van der Waals surface area (Å²) in [5.41, 5.74) is 7.57. The molecule has 0 saturated heterocycles. The zero-order chi connectivity index (χ0) is 29.3. The maximum atomic E-state index is 4.91. The van der Waals surface area contributed by atoms with E-state index in [1.807, 2.05) is 0 Å². The van der Waals surface area contributed by atoms with Gasteiger partial charge in [0.15, 0.2) is 0 Å². The Morgan fingerprint density at radius 1 is 0.786 bits per heavy atom. The molecule has 5 aliphatic carbocycles. The van der Waals surface area contributed by atoms with Crippen LogP contribution in [0.4, 0.5) is 0 Å². The molecule has 0 heterocycles. The van der Waals surface area contributed by atoms with Crippen LogP contribution in [0.2, 0.25) is 0 Å². The standard InChI is InChI=1S/C42H56/c1-29(33-17-11-7-12-18-33)21-35(22-30(2)34-19-13-8-14-20-34)31(3)23-36(24-32-15-9-6-10-16-32)37-25-38-26-39-28-41(40(38)27-37)42(39,4)5/h6-7,9-12,15-18,34-41H,1-3,8,13-14,19-28H2,4-5H3/t35?,36?,37?,38?,39-,40?,41-/m1/s1. The Morgan fingerprint density at radius 3 is 2.17 bits per heavy atom. The smallest absolute Gasteiger partial charge is 0.0128 e. The molecule has 5 saturated carbocycles. The molecule has 0 aliphatic heterocycles. The predicted octanol–water partition coefficient (Wildman–Crippen LogP) is 11.7. The summed E-state index contributed by atoms with van der Waals surface area (Å²) in [6.07, 6.45) is 17.1. The van der Waals surface area contributed by atoms with E-state index >= 15 is 0 Å². The van der Waals surface area contributed by atoms with Crippen LogP contribution in [0.3, 0.4) is 0 Å². The first-order chi connectivity index (χ1) is 20.3. The molecule has 7 rings (SSSR count). The summed E-state index contributed by atoms with van der Waals surface area (Å²) in [5.74, 6) is 6.51. The average Bonchev–Trinajstić information content (AvgIpc) is 3.46. The number of rotatable bonds is 12. The predicted molar refractivity (Wildman–Crippen MR) is 181 cm³/mol. The zero-order valence-corrected chi connectivity index (χ0v) is 26.7. The van der Waals surface area contributed by atoms with E-state index in [0.29, 0.717) is 23.2 Å². The van der Waals surface area contributed by atoms with E-state index in [1.54, 1.807) is 0 Å². The van der Waals surface area contributed by atoms with Crippen molar-refractivity contribution in [1.29, 1.82) is 0 Å². The topological polar surface area (TPSA) is 0 Å². The van der Waals surface area contributed by atoms with E-state index in [-0.39, 0.29) is 0 Å². The van der Waals surface area contributed by atoms with Gasteiger partial charge in [0, 0.05) is 0 Å². The van der Waals surface area contributed by atoms with Gasteiger partial charge in [-0.1, -0.05) is 125 Å². The minimum Gasteiger partial charge on any atom is -0.0996 e. The van der Waals surface area contributed by atoms with Gasteiger partial charge < -0.3 is 0 Å². The van der Waals surface area contributed by atoms with E-state index in [9.17, 15) is 0 Å². The third-order valence-corrected chi connectivity index (χ3v) is 12.9. The molecule has 0 spiro atoms. The highest BCUT2D eigenvalue weighted by atomic mass is 14.6. The molecule has 42 heavy (non-hydrogen) atoms. The van der Waals surface area contributed by atoms with Gasteiger partial charge >= 0.3 is 0 Å². The minimum atomic E-state index is 0.431. The number of benzene rings is 2. The van der Waals surface area contributed by atoms with Crippen molar-refractivity contribution in [3.63, 3.8) is 0 Å². The van der Waals surface area contributed by atoms with Crippen molar-refractivity contribution in [2.45, 2.75) is 97.3 Å². The lowest BCUT2D eigenvalue weighted by Gasteiger charge is -2.61. The molecule has 5 fully saturated rings. The molecule has 0 radical (unpaired) electrons. The fourth-order valence-electron chi connectivity index (χ4n) is 10.2. The molecular weight excluding hydrogens is 504 g/mol. The first-order valence-corrected chi connectivity index (χ1v) is 17.4. The van der Waals surface area contributed by atoms with Crippen LogP contribution in [-0.2, 0) is 6.42 Å². The van der Waals surface area contributed by atoms with E-state index in [2.05, 4.69) is 81.1 Å². The van der Waals surface area contributed by atoms with Gasteiger partial charge in [-0.3, -0.25) is 0 Å². The van der Waals surface area contributed by atoms with Crippen LogP contribution < -0.4 is 0 Å². The Morgan fingerprint density at radius 2 is 1.48 bits per heavy atom. The molecule has 7 atom stereocenters. The van der Waals surface area contributed by atoms with Crippen molar-refractivity contribution in [2.75, 3.05) is 0 Å². The molecule has 0 heteroatoms. The molecule has 5 aliphatic rings. The van der Waals surface area contributed by atoms with Crippen LogP contribution >= 0.6 is 0 Å². The summed E-state index contributed by atoms with van der Waals surface area (Å²) in [4.78, 5) is 0. The number of hydrogen-bond donors (Lipinski definition) is 0. The second-order valence-corrected chi connectivity index (χ2v) is 15.6. The fraction of sp³-hybridized carbons (Fsp3) is 0.571. The lowest BCUT2D eigenvalue weighted by molar-refractivity contribution is -0.124. The van der Waals surface area contributed by atoms with Crippen LogP contribution in [-0.4, -0.2) is 0 Å². The quantitative estimate of drug-likeness (QED) is 0.226. The summed E-state index contributed by atoms with van der Waals surface area (Å²) in [5, 5.41) is 0. The van der Waals surface area contributed by atoms with Gasteiger partial charge in [-0.2, -0.15) is 0 Å². The number of hydrogen-bond acceptors (Lipinski definition) is 0. The third kappa shape index (κ3) is 6.30. The molecule has 5 unspecified atom stereocenters. The summed E-state index contributed by atoms with van der Waals surface area (Å²) < 4.78 is 0. The largest absolute Gasteiger partial charge is 0.0996 e. The van der Waals surface area contributed by atoms with Crippen molar-refractivity contribution in [3.8, 4) is 0 Å². The summed E-state index contributed by atoms with van der Waals surface area (Å²) >= 11 is 0. The van der Waals surface area contributed by atoms with Crippen molar-refractivity contribution in [1.82, 2.24) is 0 Å². The second-order valence-electron chi connectivity index (χ2n) is 15.6. The van der Waals surface area contributed by atoms with Crippen molar-refractivity contribution < 1.29 is 0 Å². The van der Waals surface area contributed by atoms with Crippen molar-refractivity contribution in [2.24, 2.45) is 52.8 Å². The lowest BCUT2D eigenvalue weighted by Crippen LogP contribution is -2.54. The van der Waals surface area contributed by atoms with Gasteiger partial charge in [-0.05, 0) is 134 Å². The van der Waals surface area contributed by atoms with Gasteiger partial charge in [0.1, 0.15) is 0 Å². The third-order valence-electron chi connectivity index (χ3n) is 12.9. The highest BCUT2D eigenvalue weighted by molar-refractivity contribution is 5.63. The summed E-state index contributed by atoms with van der Waals surface area (Å²) in [7, 11) is 0. The first kappa shape index (κ1) is 29.7. The molecule has 224 valence electrons. The molecule has 0 N–H and O–H groups in total. The molecule has 0 nitrogen and oxygen atoms in total. The maximum absolute atomic E-state index is 4.91. The van der Waals surface area contributed by atoms with Crippen molar-refractivity contribution in [3.05, 3.63) is 103 Å². The summed E-state index contributed by atoms with van der Waals surface area (Å²) in [6.45, 7) is 19.4. The van der Waals surface area contributed by atoms with Crippen LogP contribution in [0.1, 0.15) is 102 Å². The molecule has 0 amide bonds. The highest BCUT2D eigenvalue weighted by Crippen LogP contribution is 2.67. The molecule has 2 aromatic carbocycles. The van der Waals surface area contributed by atoms with Gasteiger partial charge in [-0.25, -0.2) is 0 Å². The Kier molecular flexibility index (Phi) is 9.00. The van der Waals surface area contributed by atoms with Crippen LogP contribution in [0.15, 0.2) is 91.5 Å². The lowest BCUT2D eigenvalue weighted by atomic mass is 9.44. The van der Waals surface area contributed by atoms with E-state index in [0.717, 1.165) is 48.9 Å². The molecule has 0 aromatic heterocycles. The van der Waals surface area contributed by atoms with E-state index < -0.39 is 0 Å². The Bertz CT molecular complexity index is 1230. The normalized spacial score (nSPS) is 29.6. The van der Waals surface area contributed by atoms with Crippen molar-refractivity contribution >= 4 is 5.57 Å².